The van der Waals surface area contributed by atoms with Gasteiger partial charge in [0.25, 0.3) is 0 Å². The van der Waals surface area contributed by atoms with Gasteiger partial charge >= 0.3 is 0 Å². The molecular weight excluding hydrogens is 364 g/mol. The van der Waals surface area contributed by atoms with Gasteiger partial charge in [0.15, 0.2) is 5.82 Å². The molecule has 4 aromatic rings. The van der Waals surface area contributed by atoms with Crippen molar-refractivity contribution < 1.29 is 9.53 Å². The molecule has 0 fully saturated rings. The molecule has 0 radical (unpaired) electrons. The Bertz CT molecular complexity index is 1040. The highest BCUT2D eigenvalue weighted by Gasteiger charge is 2.05. The van der Waals surface area contributed by atoms with E-state index in [2.05, 4.69) is 15.5 Å². The lowest BCUT2D eigenvalue weighted by Crippen LogP contribution is -2.12. The lowest BCUT2D eigenvalue weighted by molar-refractivity contribution is -0.116. The van der Waals surface area contributed by atoms with Crippen molar-refractivity contribution in [3.8, 4) is 17.4 Å². The summed E-state index contributed by atoms with van der Waals surface area (Å²) in [6, 6.07) is 24.6. The van der Waals surface area contributed by atoms with E-state index in [9.17, 15) is 4.79 Å². The van der Waals surface area contributed by atoms with Crippen LogP contribution < -0.4 is 10.1 Å². The molecule has 0 unspecified atom stereocenters. The maximum Gasteiger partial charge on any atom is 0.238 e. The molecule has 0 aliphatic heterocycles. The average Bonchev–Trinajstić information content (AvgIpc) is 3.30. The van der Waals surface area contributed by atoms with Crippen molar-refractivity contribution in [1.29, 1.82) is 0 Å². The molecule has 29 heavy (non-hydrogen) atoms. The van der Waals surface area contributed by atoms with E-state index in [0.717, 1.165) is 17.1 Å². The van der Waals surface area contributed by atoms with Crippen molar-refractivity contribution in [3.63, 3.8) is 0 Å². The van der Waals surface area contributed by atoms with E-state index < -0.39 is 0 Å². The Morgan fingerprint density at radius 1 is 0.862 bits per heavy atom. The number of amides is 1. The molecule has 0 aliphatic carbocycles. The van der Waals surface area contributed by atoms with Gasteiger partial charge in [-0.3, -0.25) is 4.79 Å². The number of hydrogen-bond donors (Lipinski definition) is 1. The van der Waals surface area contributed by atoms with Crippen molar-refractivity contribution >= 4 is 11.6 Å². The smallest absolute Gasteiger partial charge is 0.238 e. The van der Waals surface area contributed by atoms with Crippen molar-refractivity contribution in [2.24, 2.45) is 0 Å². The Hall–Kier alpha value is -3.93. The Labute approximate surface area is 168 Å². The second kappa shape index (κ2) is 8.84. The van der Waals surface area contributed by atoms with Gasteiger partial charge in [-0.15, -0.1) is 10.2 Å². The molecule has 0 saturated heterocycles. The van der Waals surface area contributed by atoms with E-state index in [1.807, 2.05) is 65.5 Å². The van der Waals surface area contributed by atoms with Gasteiger partial charge < -0.3 is 14.6 Å². The van der Waals surface area contributed by atoms with E-state index in [1.165, 1.54) is 0 Å². The number of aromatic nitrogens is 3. The fraction of sp³-hybridized carbons (Fsp3) is 0.0870. The van der Waals surface area contributed by atoms with Gasteiger partial charge in [-0.25, -0.2) is 0 Å². The highest BCUT2D eigenvalue weighted by molar-refractivity contribution is 5.90. The fourth-order valence-electron chi connectivity index (χ4n) is 2.85. The third-order valence-corrected chi connectivity index (χ3v) is 4.34. The maximum absolute atomic E-state index is 12.1. The third-order valence-electron chi connectivity index (χ3n) is 4.34. The summed E-state index contributed by atoms with van der Waals surface area (Å²) >= 11 is 0. The number of carbonyl (C=O) groups excluding carboxylic acids is 1. The van der Waals surface area contributed by atoms with Crippen LogP contribution in [0.1, 0.15) is 12.0 Å². The zero-order chi connectivity index (χ0) is 19.9. The Kier molecular flexibility index (Phi) is 5.62. The first-order valence-corrected chi connectivity index (χ1v) is 9.35. The first kappa shape index (κ1) is 18.4. The van der Waals surface area contributed by atoms with Crippen LogP contribution in [-0.2, 0) is 11.2 Å². The predicted octanol–water partition coefficient (Wildman–Crippen LogP) is 4.63. The minimum Gasteiger partial charge on any atom is -0.438 e. The number of nitrogens with zero attached hydrogens (tertiary/aromatic N) is 3. The molecule has 0 bridgehead atoms. The molecule has 6 heteroatoms. The van der Waals surface area contributed by atoms with Crippen LogP contribution in [0.3, 0.4) is 0 Å². The normalized spacial score (nSPS) is 10.5. The zero-order valence-corrected chi connectivity index (χ0v) is 15.7. The van der Waals surface area contributed by atoms with Crippen molar-refractivity contribution in [2.45, 2.75) is 12.8 Å². The SMILES string of the molecule is O=C(CCc1ccccc1)Nc1ccc(Oc2ccc(-n3cccc3)nn2)cc1. The molecule has 144 valence electrons. The number of anilines is 1. The molecule has 0 spiro atoms. The van der Waals surface area contributed by atoms with Gasteiger partial charge in [-0.2, -0.15) is 0 Å². The van der Waals surface area contributed by atoms with Crippen LogP contribution in [-0.4, -0.2) is 20.7 Å². The van der Waals surface area contributed by atoms with Crippen LogP contribution >= 0.6 is 0 Å². The Morgan fingerprint density at radius 2 is 1.62 bits per heavy atom. The van der Waals surface area contributed by atoms with Crippen LogP contribution in [0.2, 0.25) is 0 Å². The summed E-state index contributed by atoms with van der Waals surface area (Å²) in [5.41, 5.74) is 1.87. The van der Waals surface area contributed by atoms with Gasteiger partial charge in [-0.1, -0.05) is 30.3 Å². The first-order chi connectivity index (χ1) is 14.3. The number of rotatable bonds is 7. The van der Waals surface area contributed by atoms with E-state index in [0.29, 0.717) is 24.5 Å². The number of carbonyl (C=O) groups is 1. The summed E-state index contributed by atoms with van der Waals surface area (Å²) in [6.07, 6.45) is 4.95. The summed E-state index contributed by atoms with van der Waals surface area (Å²) in [6.45, 7) is 0. The van der Waals surface area contributed by atoms with E-state index in [4.69, 9.17) is 4.74 Å². The number of ether oxygens (including phenoxy) is 1. The first-order valence-electron chi connectivity index (χ1n) is 9.35. The highest BCUT2D eigenvalue weighted by atomic mass is 16.5. The third kappa shape index (κ3) is 5.07. The van der Waals surface area contributed by atoms with Gasteiger partial charge in [0, 0.05) is 30.6 Å². The summed E-state index contributed by atoms with van der Waals surface area (Å²) < 4.78 is 7.59. The van der Waals surface area contributed by atoms with E-state index >= 15 is 0 Å². The van der Waals surface area contributed by atoms with Crippen molar-refractivity contribution in [3.05, 3.63) is 96.8 Å². The second-order valence-corrected chi connectivity index (χ2v) is 6.48. The van der Waals surface area contributed by atoms with Crippen molar-refractivity contribution in [1.82, 2.24) is 14.8 Å². The van der Waals surface area contributed by atoms with Crippen molar-refractivity contribution in [2.75, 3.05) is 5.32 Å². The number of aryl methyl sites for hydroxylation is 1. The standard InChI is InChI=1S/C23H20N4O2/c28-22(14-8-18-6-2-1-3-7-18)24-19-9-11-20(12-10-19)29-23-15-13-21(25-26-23)27-16-4-5-17-27/h1-7,9-13,15-17H,8,14H2,(H,24,28). The van der Waals surface area contributed by atoms with Gasteiger partial charge in [0.2, 0.25) is 11.8 Å². The Morgan fingerprint density at radius 3 is 2.31 bits per heavy atom. The van der Waals surface area contributed by atoms with Crippen LogP contribution in [0.4, 0.5) is 5.69 Å². The van der Waals surface area contributed by atoms with Gasteiger partial charge in [-0.05, 0) is 54.4 Å². The molecule has 4 rings (SSSR count). The molecule has 0 saturated carbocycles. The zero-order valence-electron chi connectivity index (χ0n) is 15.7. The molecule has 0 atom stereocenters. The van der Waals surface area contributed by atoms with Gasteiger partial charge in [0.05, 0.1) is 0 Å². The Balaban J connectivity index is 1.30. The van der Waals surface area contributed by atoms with E-state index in [-0.39, 0.29) is 5.91 Å². The maximum atomic E-state index is 12.1. The van der Waals surface area contributed by atoms with E-state index in [1.54, 1.807) is 30.3 Å². The number of hydrogen-bond acceptors (Lipinski definition) is 4. The van der Waals surface area contributed by atoms with Crippen LogP contribution in [0, 0.1) is 0 Å². The summed E-state index contributed by atoms with van der Waals surface area (Å²) in [5, 5.41) is 11.1. The predicted molar refractivity (Wildman–Crippen MR) is 111 cm³/mol. The molecule has 1 N–H and O–H groups in total. The fourth-order valence-corrected chi connectivity index (χ4v) is 2.85. The lowest BCUT2D eigenvalue weighted by Gasteiger charge is -2.08. The number of benzene rings is 2. The molecule has 1 amide bonds. The topological polar surface area (TPSA) is 69.0 Å². The summed E-state index contributed by atoms with van der Waals surface area (Å²) in [5.74, 6) is 1.72. The molecule has 2 aromatic heterocycles. The quantitative estimate of drug-likeness (QED) is 0.504. The number of nitrogens with one attached hydrogen (secondary N) is 1. The summed E-state index contributed by atoms with van der Waals surface area (Å²) in [4.78, 5) is 12.1. The lowest BCUT2D eigenvalue weighted by atomic mass is 10.1. The minimum atomic E-state index is -0.0195. The van der Waals surface area contributed by atoms with Gasteiger partial charge in [0.1, 0.15) is 5.75 Å². The average molecular weight is 384 g/mol. The van der Waals surface area contributed by atoms with Crippen LogP contribution in [0.5, 0.6) is 11.6 Å². The second-order valence-electron chi connectivity index (χ2n) is 6.48. The van der Waals surface area contributed by atoms with Crippen LogP contribution in [0.15, 0.2) is 91.3 Å². The monoisotopic (exact) mass is 384 g/mol. The molecular formula is C23H20N4O2. The molecule has 2 heterocycles. The van der Waals surface area contributed by atoms with Crippen LogP contribution in [0.25, 0.3) is 5.82 Å². The molecule has 6 nitrogen and oxygen atoms in total. The minimum absolute atomic E-state index is 0.0195. The molecule has 2 aromatic carbocycles. The largest absolute Gasteiger partial charge is 0.438 e. The highest BCUT2D eigenvalue weighted by Crippen LogP contribution is 2.21. The molecule has 0 aliphatic rings. The summed E-state index contributed by atoms with van der Waals surface area (Å²) in [7, 11) is 0.